The number of aromatic nitrogens is 1. The second kappa shape index (κ2) is 17.5. The lowest BCUT2D eigenvalue weighted by atomic mass is 10.1. The summed E-state index contributed by atoms with van der Waals surface area (Å²) in [5.74, 6) is 0.251. The van der Waals surface area contributed by atoms with Crippen LogP contribution in [0.4, 0.5) is 9.93 Å². The molecule has 1 aliphatic rings. The monoisotopic (exact) mass is 658 g/mol. The third kappa shape index (κ3) is 12.3. The predicted octanol–water partition coefficient (Wildman–Crippen LogP) is 6.21. The standard InChI is InChI=1S/C26H30N4O6S.C5H10O2.C2H6/c1-26(2,3)36-25(33)30-14-18(15-30)27-24-28-21-10-9-19(13-22(21)37-24)34-11-12-35-29(4)23(32)20-8-6-5-7-17(20)16-31;1-5(2,3)7-4-6;1-2/h5-10,13,16,18H,11-12,14-15H2,1-4H3,(H,27,28);4H,1-3H3;1-2H3. The highest BCUT2D eigenvalue weighted by Gasteiger charge is 2.34. The zero-order valence-corrected chi connectivity index (χ0v) is 28.9. The maximum absolute atomic E-state index is 12.5. The Hall–Kier alpha value is -4.23. The molecule has 13 heteroatoms. The molecular formula is C33H46N4O8S. The second-order valence-corrected chi connectivity index (χ2v) is 12.9. The van der Waals surface area contributed by atoms with E-state index in [2.05, 4.69) is 15.0 Å². The number of carbonyl (C=O) groups excluding carboxylic acids is 4. The first-order valence-corrected chi connectivity index (χ1v) is 15.8. The molecule has 2 aromatic carbocycles. The van der Waals surface area contributed by atoms with Gasteiger partial charge in [0.05, 0.1) is 21.8 Å². The van der Waals surface area contributed by atoms with Crippen molar-refractivity contribution in [1.29, 1.82) is 0 Å². The van der Waals surface area contributed by atoms with Gasteiger partial charge in [0.1, 0.15) is 30.2 Å². The van der Waals surface area contributed by atoms with Gasteiger partial charge < -0.3 is 24.4 Å². The molecule has 0 aliphatic carbocycles. The van der Waals surface area contributed by atoms with Crippen LogP contribution >= 0.6 is 11.3 Å². The Morgan fingerprint density at radius 3 is 2.28 bits per heavy atom. The number of likely N-dealkylation sites (tertiary alicyclic amines) is 1. The average molecular weight is 659 g/mol. The summed E-state index contributed by atoms with van der Waals surface area (Å²) in [6, 6.07) is 12.3. The molecule has 4 rings (SSSR count). The number of nitrogens with one attached hydrogen (secondary N) is 1. The van der Waals surface area contributed by atoms with E-state index in [0.29, 0.717) is 37.2 Å². The molecule has 1 aliphatic heterocycles. The summed E-state index contributed by atoms with van der Waals surface area (Å²) in [5.41, 5.74) is 0.607. The highest BCUT2D eigenvalue weighted by atomic mass is 32.1. The number of rotatable bonds is 10. The fraction of sp³-hybridized carbons (Fsp3) is 0.485. The molecule has 1 aromatic heterocycles. The number of anilines is 1. The van der Waals surface area contributed by atoms with Crippen molar-refractivity contribution in [2.45, 2.75) is 72.6 Å². The van der Waals surface area contributed by atoms with E-state index in [-0.39, 0.29) is 36.5 Å². The van der Waals surface area contributed by atoms with Crippen LogP contribution in [0, 0.1) is 0 Å². The summed E-state index contributed by atoms with van der Waals surface area (Å²) < 4.78 is 16.7. The molecule has 46 heavy (non-hydrogen) atoms. The van der Waals surface area contributed by atoms with Crippen LogP contribution in [0.5, 0.6) is 5.75 Å². The Labute approximate surface area is 274 Å². The molecule has 252 valence electrons. The van der Waals surface area contributed by atoms with E-state index in [4.69, 9.17) is 14.3 Å². The fourth-order valence-electron chi connectivity index (χ4n) is 3.78. The van der Waals surface area contributed by atoms with Gasteiger partial charge in [0.2, 0.25) is 0 Å². The number of nitrogens with zero attached hydrogens (tertiary/aromatic N) is 3. The van der Waals surface area contributed by atoms with Gasteiger partial charge in [-0.15, -0.1) is 0 Å². The SMILES string of the molecule is CC.CC(C)(C)OC=O.CN(OCCOc1ccc2nc(NC3CN(C(=O)OC(C)(C)C)C3)sc2c1)C(=O)c1ccccc1C=O. The molecule has 0 atom stereocenters. The van der Waals surface area contributed by atoms with Crippen molar-refractivity contribution < 1.29 is 38.2 Å². The number of benzene rings is 2. The molecule has 0 spiro atoms. The molecule has 0 bridgehead atoms. The zero-order valence-electron chi connectivity index (χ0n) is 28.1. The van der Waals surface area contributed by atoms with E-state index < -0.39 is 11.5 Å². The number of fused-ring (bicyclic) bond motifs is 1. The lowest BCUT2D eigenvalue weighted by molar-refractivity contribution is -0.138. The zero-order chi connectivity index (χ0) is 34.5. The summed E-state index contributed by atoms with van der Waals surface area (Å²) in [5, 5.41) is 5.25. The molecule has 3 aromatic rings. The van der Waals surface area contributed by atoms with E-state index >= 15 is 0 Å². The number of aldehydes is 1. The summed E-state index contributed by atoms with van der Waals surface area (Å²) in [6.07, 6.45) is 0.341. The number of hydrogen-bond donors (Lipinski definition) is 1. The highest BCUT2D eigenvalue weighted by molar-refractivity contribution is 7.22. The van der Waals surface area contributed by atoms with Gasteiger partial charge in [0.25, 0.3) is 12.4 Å². The third-order valence-electron chi connectivity index (χ3n) is 5.86. The van der Waals surface area contributed by atoms with Gasteiger partial charge in [-0.05, 0) is 65.8 Å². The summed E-state index contributed by atoms with van der Waals surface area (Å²) in [6.45, 7) is 17.0. The highest BCUT2D eigenvalue weighted by Crippen LogP contribution is 2.30. The molecule has 1 saturated heterocycles. The smallest absolute Gasteiger partial charge is 0.410 e. The van der Waals surface area contributed by atoms with Crippen molar-refractivity contribution in [2.24, 2.45) is 0 Å². The van der Waals surface area contributed by atoms with Gasteiger partial charge in [-0.3, -0.25) is 19.2 Å². The average Bonchev–Trinajstić information content (AvgIpc) is 3.38. The van der Waals surface area contributed by atoms with Crippen LogP contribution in [-0.2, 0) is 19.1 Å². The van der Waals surface area contributed by atoms with Gasteiger partial charge in [-0.25, -0.2) is 14.8 Å². The first kappa shape index (κ1) is 38.0. The van der Waals surface area contributed by atoms with Crippen LogP contribution < -0.4 is 10.1 Å². The number of amides is 2. The minimum Gasteiger partial charge on any atom is -0.491 e. The Morgan fingerprint density at radius 2 is 1.70 bits per heavy atom. The number of hydroxylamine groups is 2. The van der Waals surface area contributed by atoms with E-state index in [1.165, 1.54) is 18.4 Å². The van der Waals surface area contributed by atoms with Crippen molar-refractivity contribution >= 4 is 51.4 Å². The molecule has 1 fully saturated rings. The van der Waals surface area contributed by atoms with Crippen LogP contribution in [0.3, 0.4) is 0 Å². The Kier molecular flexibility index (Phi) is 14.4. The molecule has 1 N–H and O–H groups in total. The lowest BCUT2D eigenvalue weighted by Gasteiger charge is -2.39. The number of carbonyl (C=O) groups is 4. The minimum absolute atomic E-state index is 0.124. The second-order valence-electron chi connectivity index (χ2n) is 11.9. The van der Waals surface area contributed by atoms with Gasteiger partial charge in [0, 0.05) is 25.7 Å². The molecule has 0 unspecified atom stereocenters. The largest absolute Gasteiger partial charge is 0.491 e. The van der Waals surface area contributed by atoms with Crippen molar-refractivity contribution in [3.63, 3.8) is 0 Å². The Balaban J connectivity index is 0.000000724. The topological polar surface area (TPSA) is 137 Å². The third-order valence-corrected chi connectivity index (χ3v) is 6.81. The van der Waals surface area contributed by atoms with Gasteiger partial charge in [0.15, 0.2) is 11.4 Å². The molecule has 12 nitrogen and oxygen atoms in total. The number of hydrogen-bond acceptors (Lipinski definition) is 11. The predicted molar refractivity (Wildman–Crippen MR) is 178 cm³/mol. The Morgan fingerprint density at radius 1 is 1.02 bits per heavy atom. The van der Waals surface area contributed by atoms with E-state index in [0.717, 1.165) is 20.4 Å². The Bertz CT molecular complexity index is 1440. The maximum atomic E-state index is 12.5. The molecule has 2 amide bonds. The first-order valence-electron chi connectivity index (χ1n) is 15.0. The summed E-state index contributed by atoms with van der Waals surface area (Å²) in [4.78, 5) is 57.1. The van der Waals surface area contributed by atoms with E-state index in [1.54, 1.807) is 29.2 Å². The van der Waals surface area contributed by atoms with E-state index in [1.807, 2.05) is 73.6 Å². The summed E-state index contributed by atoms with van der Waals surface area (Å²) in [7, 11) is 1.50. The van der Waals surface area contributed by atoms with Crippen LogP contribution in [0.1, 0.15) is 76.1 Å². The van der Waals surface area contributed by atoms with E-state index in [9.17, 15) is 19.2 Å². The van der Waals surface area contributed by atoms with Gasteiger partial charge in [-0.2, -0.15) is 0 Å². The summed E-state index contributed by atoms with van der Waals surface area (Å²) >= 11 is 1.51. The maximum Gasteiger partial charge on any atom is 0.410 e. The molecule has 0 radical (unpaired) electrons. The fourth-order valence-corrected chi connectivity index (χ4v) is 4.75. The minimum atomic E-state index is -0.509. The van der Waals surface area contributed by atoms with Crippen LogP contribution in [0.25, 0.3) is 10.2 Å². The van der Waals surface area contributed by atoms with Crippen LogP contribution in [0.2, 0.25) is 0 Å². The number of thiazole rings is 1. The quantitative estimate of drug-likeness (QED) is 0.152. The number of ether oxygens (including phenoxy) is 3. The van der Waals surface area contributed by atoms with Crippen molar-refractivity contribution in [3.05, 3.63) is 53.6 Å². The first-order chi connectivity index (χ1) is 21.7. The normalized spacial score (nSPS) is 12.8. The van der Waals surface area contributed by atoms with Crippen molar-refractivity contribution in [2.75, 3.05) is 38.7 Å². The molecule has 2 heterocycles. The van der Waals surface area contributed by atoms with Crippen molar-refractivity contribution in [1.82, 2.24) is 14.9 Å². The van der Waals surface area contributed by atoms with Crippen LogP contribution in [-0.4, -0.2) is 90.3 Å². The lowest BCUT2D eigenvalue weighted by Crippen LogP contribution is -2.57. The van der Waals surface area contributed by atoms with Gasteiger partial charge >= 0.3 is 6.09 Å². The molecular weight excluding hydrogens is 612 g/mol. The van der Waals surface area contributed by atoms with Crippen LogP contribution in [0.15, 0.2) is 42.5 Å². The van der Waals surface area contributed by atoms with Crippen molar-refractivity contribution in [3.8, 4) is 5.75 Å². The molecule has 0 saturated carbocycles. The van der Waals surface area contributed by atoms with Gasteiger partial charge in [-0.1, -0.05) is 43.4 Å².